The largest absolute Gasteiger partial charge is 0.385 e. The van der Waals surface area contributed by atoms with Gasteiger partial charge in [-0.15, -0.1) is 0 Å². The number of carbonyl (C=O) groups excluding carboxylic acids is 2. The lowest BCUT2D eigenvalue weighted by atomic mass is 9.91. The Morgan fingerprint density at radius 3 is 2.55 bits per heavy atom. The molecule has 0 atom stereocenters. The molecule has 0 unspecified atom stereocenters. The predicted octanol–water partition coefficient (Wildman–Crippen LogP) is 2.26. The summed E-state index contributed by atoms with van der Waals surface area (Å²) in [6.45, 7) is 4.40. The number of amides is 2. The van der Waals surface area contributed by atoms with E-state index in [2.05, 4.69) is 11.4 Å². The number of imide groups is 1. The third kappa shape index (κ3) is 2.50. The number of carbonyl (C=O) groups is 2. The summed E-state index contributed by atoms with van der Waals surface area (Å²) in [6, 6.07) is 7.38. The molecule has 0 fully saturated rings. The van der Waals surface area contributed by atoms with Crippen molar-refractivity contribution in [3.05, 3.63) is 29.3 Å². The van der Waals surface area contributed by atoms with Crippen LogP contribution in [0.1, 0.15) is 41.0 Å². The molecule has 1 aromatic rings. The van der Waals surface area contributed by atoms with Crippen molar-refractivity contribution in [2.45, 2.75) is 20.3 Å². The third-order valence-corrected chi connectivity index (χ3v) is 3.47. The van der Waals surface area contributed by atoms with E-state index in [-0.39, 0.29) is 17.2 Å². The number of hydrogen-bond acceptors (Lipinski definition) is 4. The van der Waals surface area contributed by atoms with E-state index in [9.17, 15) is 9.59 Å². The number of rotatable bonds is 4. The Kier molecular flexibility index (Phi) is 3.49. The smallest absolute Gasteiger partial charge is 0.261 e. The van der Waals surface area contributed by atoms with Gasteiger partial charge in [0.1, 0.15) is 0 Å². The molecule has 0 radical (unpaired) electrons. The summed E-state index contributed by atoms with van der Waals surface area (Å²) in [5, 5.41) is 12.1. The molecule has 2 rings (SSSR count). The molecule has 0 aliphatic carbocycles. The van der Waals surface area contributed by atoms with Gasteiger partial charge >= 0.3 is 0 Å². The highest BCUT2D eigenvalue weighted by molar-refractivity contribution is 6.21. The Bertz CT molecular complexity index is 614. The zero-order valence-corrected chi connectivity index (χ0v) is 11.9. The Hall–Kier alpha value is -2.35. The van der Waals surface area contributed by atoms with Crippen molar-refractivity contribution >= 4 is 17.5 Å². The molecule has 5 heteroatoms. The van der Waals surface area contributed by atoms with Gasteiger partial charge in [0.05, 0.1) is 22.6 Å². The Labute approximate surface area is 118 Å². The second-order valence-electron chi connectivity index (χ2n) is 5.60. The maximum Gasteiger partial charge on any atom is 0.261 e. The summed E-state index contributed by atoms with van der Waals surface area (Å²) < 4.78 is 0. The van der Waals surface area contributed by atoms with Crippen LogP contribution in [0.5, 0.6) is 0 Å². The van der Waals surface area contributed by atoms with Crippen molar-refractivity contribution in [2.24, 2.45) is 5.41 Å². The van der Waals surface area contributed by atoms with Gasteiger partial charge in [0.15, 0.2) is 0 Å². The molecule has 0 saturated heterocycles. The van der Waals surface area contributed by atoms with Crippen LogP contribution in [0, 0.1) is 16.7 Å². The Morgan fingerprint density at radius 2 is 1.90 bits per heavy atom. The topological polar surface area (TPSA) is 73.2 Å². The van der Waals surface area contributed by atoms with Crippen molar-refractivity contribution in [3.63, 3.8) is 0 Å². The fourth-order valence-corrected chi connectivity index (χ4v) is 2.05. The van der Waals surface area contributed by atoms with Crippen LogP contribution in [0.15, 0.2) is 18.2 Å². The number of anilines is 1. The number of nitrogens with zero attached hydrogens (tertiary/aromatic N) is 2. The lowest BCUT2D eigenvalue weighted by Crippen LogP contribution is -2.24. The van der Waals surface area contributed by atoms with Crippen molar-refractivity contribution in [2.75, 3.05) is 18.9 Å². The second-order valence-corrected chi connectivity index (χ2v) is 5.60. The average Bonchev–Trinajstić information content (AvgIpc) is 2.64. The van der Waals surface area contributed by atoms with Crippen LogP contribution < -0.4 is 5.32 Å². The molecular weight excluding hydrogens is 254 g/mol. The normalized spacial score (nSPS) is 14.2. The van der Waals surface area contributed by atoms with Gasteiger partial charge in [-0.2, -0.15) is 5.26 Å². The monoisotopic (exact) mass is 271 g/mol. The summed E-state index contributed by atoms with van der Waals surface area (Å²) in [5.41, 5.74) is 1.28. The lowest BCUT2D eigenvalue weighted by molar-refractivity contribution is 0.0693. The van der Waals surface area contributed by atoms with Gasteiger partial charge in [-0.3, -0.25) is 14.5 Å². The summed E-state index contributed by atoms with van der Waals surface area (Å²) in [7, 11) is 1.48. The van der Waals surface area contributed by atoms with Crippen LogP contribution in [0.4, 0.5) is 5.69 Å². The van der Waals surface area contributed by atoms with Gasteiger partial charge in [-0.1, -0.05) is 0 Å². The van der Waals surface area contributed by atoms with E-state index in [0.717, 1.165) is 10.6 Å². The molecule has 0 aromatic heterocycles. The van der Waals surface area contributed by atoms with Crippen molar-refractivity contribution < 1.29 is 9.59 Å². The first kappa shape index (κ1) is 14.1. The molecule has 0 saturated carbocycles. The summed E-state index contributed by atoms with van der Waals surface area (Å²) in [4.78, 5) is 24.7. The standard InChI is InChI=1S/C15H17N3O2/c1-15(2,9-16)6-7-17-10-4-5-11-12(8-10)14(20)18(3)13(11)19/h4-5,8,17H,6-7H2,1-3H3. The number of nitriles is 1. The maximum atomic E-state index is 11.9. The molecule has 0 bridgehead atoms. The molecule has 1 N–H and O–H groups in total. The molecule has 0 spiro atoms. The van der Waals surface area contributed by atoms with Crippen LogP contribution in [-0.4, -0.2) is 30.3 Å². The fraction of sp³-hybridized carbons (Fsp3) is 0.400. The first-order valence-corrected chi connectivity index (χ1v) is 6.47. The van der Waals surface area contributed by atoms with E-state index < -0.39 is 0 Å². The lowest BCUT2D eigenvalue weighted by Gasteiger charge is -2.15. The van der Waals surface area contributed by atoms with Gasteiger partial charge < -0.3 is 5.32 Å². The summed E-state index contributed by atoms with van der Waals surface area (Å²) >= 11 is 0. The minimum Gasteiger partial charge on any atom is -0.385 e. The highest BCUT2D eigenvalue weighted by atomic mass is 16.2. The van der Waals surface area contributed by atoms with Crippen LogP contribution >= 0.6 is 0 Å². The van der Waals surface area contributed by atoms with E-state index in [1.807, 2.05) is 13.8 Å². The minimum absolute atomic E-state index is 0.262. The minimum atomic E-state index is -0.379. The number of benzene rings is 1. The van der Waals surface area contributed by atoms with Gasteiger partial charge in [0.2, 0.25) is 0 Å². The van der Waals surface area contributed by atoms with Crippen LogP contribution in [-0.2, 0) is 0 Å². The Morgan fingerprint density at radius 1 is 1.25 bits per heavy atom. The van der Waals surface area contributed by atoms with Crippen molar-refractivity contribution in [3.8, 4) is 6.07 Å². The zero-order chi connectivity index (χ0) is 14.9. The quantitative estimate of drug-likeness (QED) is 0.852. The van der Waals surface area contributed by atoms with Crippen LogP contribution in [0.2, 0.25) is 0 Å². The third-order valence-electron chi connectivity index (χ3n) is 3.47. The molecule has 1 aliphatic heterocycles. The van der Waals surface area contributed by atoms with Gasteiger partial charge in [0, 0.05) is 19.3 Å². The van der Waals surface area contributed by atoms with Crippen LogP contribution in [0.25, 0.3) is 0 Å². The average molecular weight is 271 g/mol. The first-order chi connectivity index (χ1) is 9.35. The SMILES string of the molecule is CN1C(=O)c2ccc(NCCC(C)(C)C#N)cc2C1=O. The highest BCUT2D eigenvalue weighted by Crippen LogP contribution is 2.25. The van der Waals surface area contributed by atoms with Gasteiger partial charge in [-0.25, -0.2) is 0 Å². The summed E-state index contributed by atoms with van der Waals surface area (Å²) in [5.74, 6) is -0.534. The van der Waals surface area contributed by atoms with Crippen LogP contribution in [0.3, 0.4) is 0 Å². The molecular formula is C15H17N3O2. The Balaban J connectivity index is 2.09. The van der Waals surface area contributed by atoms with E-state index >= 15 is 0 Å². The van der Waals surface area contributed by atoms with E-state index in [1.54, 1.807) is 18.2 Å². The maximum absolute atomic E-state index is 11.9. The summed E-state index contributed by atoms with van der Waals surface area (Å²) in [6.07, 6.45) is 0.702. The van der Waals surface area contributed by atoms with Crippen molar-refractivity contribution in [1.29, 1.82) is 5.26 Å². The van der Waals surface area contributed by atoms with E-state index in [4.69, 9.17) is 5.26 Å². The first-order valence-electron chi connectivity index (χ1n) is 6.47. The fourth-order valence-electron chi connectivity index (χ4n) is 2.05. The molecule has 1 aromatic carbocycles. The molecule has 1 aliphatic rings. The van der Waals surface area contributed by atoms with E-state index in [1.165, 1.54) is 7.05 Å². The molecule has 104 valence electrons. The van der Waals surface area contributed by atoms with Gasteiger partial charge in [-0.05, 0) is 38.5 Å². The van der Waals surface area contributed by atoms with E-state index in [0.29, 0.717) is 24.1 Å². The highest BCUT2D eigenvalue weighted by Gasteiger charge is 2.32. The second kappa shape index (κ2) is 4.97. The number of fused-ring (bicyclic) bond motifs is 1. The molecule has 5 nitrogen and oxygen atoms in total. The van der Waals surface area contributed by atoms with Crippen molar-refractivity contribution in [1.82, 2.24) is 4.90 Å². The number of hydrogen-bond donors (Lipinski definition) is 1. The molecule has 20 heavy (non-hydrogen) atoms. The molecule has 2 amide bonds. The van der Waals surface area contributed by atoms with Gasteiger partial charge in [0.25, 0.3) is 11.8 Å². The molecule has 1 heterocycles. The predicted molar refractivity (Wildman–Crippen MR) is 75.4 cm³/mol. The zero-order valence-electron chi connectivity index (χ0n) is 11.9. The number of nitrogens with one attached hydrogen (secondary N) is 1.